The van der Waals surface area contributed by atoms with Crippen LogP contribution in [0.4, 0.5) is 0 Å². The molecule has 2 aromatic rings. The highest BCUT2D eigenvalue weighted by atomic mass is 32.1. The molecule has 4 nitrogen and oxygen atoms in total. The van der Waals surface area contributed by atoms with Crippen LogP contribution in [-0.4, -0.2) is 23.0 Å². The number of aromatic amines is 1. The van der Waals surface area contributed by atoms with Gasteiger partial charge in [-0.05, 0) is 30.4 Å². The van der Waals surface area contributed by atoms with Crippen LogP contribution in [0.25, 0.3) is 10.7 Å². The molecule has 100 valence electrons. The summed E-state index contributed by atoms with van der Waals surface area (Å²) in [6.45, 7) is 3.89. The van der Waals surface area contributed by atoms with Crippen molar-refractivity contribution >= 4 is 29.5 Å². The second-order valence-corrected chi connectivity index (χ2v) is 5.31. The van der Waals surface area contributed by atoms with E-state index in [-0.39, 0.29) is 4.64 Å². The van der Waals surface area contributed by atoms with Gasteiger partial charge in [-0.3, -0.25) is 0 Å². The molecule has 0 bridgehead atoms. The van der Waals surface area contributed by atoms with Gasteiger partial charge in [0, 0.05) is 5.69 Å². The first kappa shape index (κ1) is 13.9. The molecule has 0 spiro atoms. The highest BCUT2D eigenvalue weighted by Crippen LogP contribution is 2.28. The summed E-state index contributed by atoms with van der Waals surface area (Å²) in [5.41, 5.74) is 2.22. The van der Waals surface area contributed by atoms with Gasteiger partial charge in [0.25, 0.3) is 0 Å². The van der Waals surface area contributed by atoms with Crippen LogP contribution in [0.5, 0.6) is 0 Å². The second kappa shape index (κ2) is 5.63. The number of H-pyrrole nitrogens is 1. The van der Waals surface area contributed by atoms with E-state index < -0.39 is 5.97 Å². The van der Waals surface area contributed by atoms with E-state index in [1.54, 1.807) is 18.3 Å². The highest BCUT2D eigenvalue weighted by Gasteiger charge is 2.16. The fraction of sp³-hybridized carbons (Fsp3) is 0.308. The average Bonchev–Trinajstić information content (AvgIpc) is 2.85. The van der Waals surface area contributed by atoms with E-state index in [1.807, 2.05) is 5.38 Å². The van der Waals surface area contributed by atoms with Gasteiger partial charge in [0.1, 0.15) is 16.0 Å². The maximum atomic E-state index is 11.6. The third-order valence-corrected chi connectivity index (χ3v) is 4.10. The van der Waals surface area contributed by atoms with Crippen LogP contribution in [0.15, 0.2) is 11.4 Å². The molecule has 0 aliphatic heterocycles. The average molecular weight is 294 g/mol. The van der Waals surface area contributed by atoms with Crippen LogP contribution in [0, 0.1) is 11.6 Å². The number of hydrogen-bond acceptors (Lipinski definition) is 5. The number of nitrogens with one attached hydrogen (secondary N) is 1. The Hall–Kier alpha value is -1.53. The Balaban J connectivity index is 2.58. The van der Waals surface area contributed by atoms with Gasteiger partial charge in [0.15, 0.2) is 0 Å². The third kappa shape index (κ3) is 2.59. The van der Waals surface area contributed by atoms with Crippen molar-refractivity contribution in [1.82, 2.24) is 9.97 Å². The second-order valence-electron chi connectivity index (χ2n) is 4.01. The van der Waals surface area contributed by atoms with Crippen LogP contribution >= 0.6 is 23.6 Å². The molecule has 0 aliphatic carbocycles. The van der Waals surface area contributed by atoms with E-state index in [0.717, 1.165) is 11.3 Å². The molecule has 6 heteroatoms. The lowest BCUT2D eigenvalue weighted by molar-refractivity contribution is 0.0598. The minimum atomic E-state index is -0.459. The molecule has 0 aromatic carbocycles. The van der Waals surface area contributed by atoms with E-state index in [1.165, 1.54) is 12.7 Å². The Morgan fingerprint density at radius 2 is 2.32 bits per heavy atom. The molecule has 2 heterocycles. The summed E-state index contributed by atoms with van der Waals surface area (Å²) in [4.78, 5) is 20.2. The van der Waals surface area contributed by atoms with Crippen molar-refractivity contribution in [1.29, 1.82) is 0 Å². The summed E-state index contributed by atoms with van der Waals surface area (Å²) in [5.74, 6) is 0.252. The molecule has 0 amide bonds. The number of ether oxygens (including phenoxy) is 1. The highest BCUT2D eigenvalue weighted by molar-refractivity contribution is 7.71. The quantitative estimate of drug-likeness (QED) is 0.695. The van der Waals surface area contributed by atoms with Crippen LogP contribution in [0.3, 0.4) is 0 Å². The summed E-state index contributed by atoms with van der Waals surface area (Å²) in [6, 6.07) is 2.07. The largest absolute Gasteiger partial charge is 0.465 e. The topological polar surface area (TPSA) is 55.0 Å². The van der Waals surface area contributed by atoms with E-state index in [2.05, 4.69) is 23.0 Å². The van der Waals surface area contributed by atoms with Crippen molar-refractivity contribution in [2.45, 2.75) is 20.3 Å². The number of carbonyl (C=O) groups excluding carboxylic acids is 1. The van der Waals surface area contributed by atoms with Crippen molar-refractivity contribution in [2.75, 3.05) is 7.11 Å². The maximum absolute atomic E-state index is 11.6. The first-order chi connectivity index (χ1) is 9.08. The van der Waals surface area contributed by atoms with Gasteiger partial charge in [-0.2, -0.15) is 0 Å². The molecule has 0 saturated carbocycles. The van der Waals surface area contributed by atoms with Gasteiger partial charge >= 0.3 is 5.97 Å². The Bertz CT molecular complexity index is 674. The number of esters is 1. The summed E-state index contributed by atoms with van der Waals surface area (Å²) in [5, 5.41) is 2.02. The zero-order valence-corrected chi connectivity index (χ0v) is 12.6. The van der Waals surface area contributed by atoms with Crippen LogP contribution < -0.4 is 0 Å². The molecule has 2 aromatic heterocycles. The number of aromatic nitrogens is 2. The summed E-state index contributed by atoms with van der Waals surface area (Å²) in [7, 11) is 1.33. The van der Waals surface area contributed by atoms with Gasteiger partial charge in [-0.1, -0.05) is 19.1 Å². The minimum Gasteiger partial charge on any atom is -0.465 e. The van der Waals surface area contributed by atoms with E-state index >= 15 is 0 Å². The smallest absolute Gasteiger partial charge is 0.342 e. The fourth-order valence-corrected chi connectivity index (χ4v) is 3.13. The number of aryl methyl sites for hydroxylation is 2. The molecule has 0 unspecified atom stereocenters. The molecule has 0 fully saturated rings. The molecular weight excluding hydrogens is 280 g/mol. The molecular formula is C13H14N2O2S2. The predicted octanol–water partition coefficient (Wildman–Crippen LogP) is 3.53. The van der Waals surface area contributed by atoms with Crippen molar-refractivity contribution < 1.29 is 9.53 Å². The molecule has 1 N–H and O–H groups in total. The van der Waals surface area contributed by atoms with Crippen molar-refractivity contribution in [3.8, 4) is 10.7 Å². The maximum Gasteiger partial charge on any atom is 0.342 e. The van der Waals surface area contributed by atoms with Crippen molar-refractivity contribution in [3.05, 3.63) is 32.9 Å². The van der Waals surface area contributed by atoms with Gasteiger partial charge in [-0.15, -0.1) is 11.3 Å². The van der Waals surface area contributed by atoms with Crippen molar-refractivity contribution in [2.24, 2.45) is 0 Å². The summed E-state index contributed by atoms with van der Waals surface area (Å²) in [6.07, 6.45) is 0.929. The lowest BCUT2D eigenvalue weighted by atomic mass is 10.2. The summed E-state index contributed by atoms with van der Waals surface area (Å²) >= 11 is 6.80. The monoisotopic (exact) mass is 294 g/mol. The first-order valence-electron chi connectivity index (χ1n) is 5.84. The van der Waals surface area contributed by atoms with Crippen LogP contribution in [0.2, 0.25) is 0 Å². The Morgan fingerprint density at radius 3 is 2.89 bits per heavy atom. The normalized spacial score (nSPS) is 10.5. The minimum absolute atomic E-state index is 0.272. The van der Waals surface area contributed by atoms with Gasteiger partial charge < -0.3 is 9.72 Å². The van der Waals surface area contributed by atoms with Crippen LogP contribution in [-0.2, 0) is 11.2 Å². The van der Waals surface area contributed by atoms with Crippen LogP contribution in [0.1, 0.15) is 28.5 Å². The number of nitrogens with zero attached hydrogens (tertiary/aromatic N) is 1. The van der Waals surface area contributed by atoms with Crippen molar-refractivity contribution in [3.63, 3.8) is 0 Å². The molecule has 0 aliphatic rings. The number of rotatable bonds is 3. The zero-order valence-electron chi connectivity index (χ0n) is 10.9. The number of methoxy groups -OCH3 is 1. The Kier molecular flexibility index (Phi) is 4.11. The van der Waals surface area contributed by atoms with E-state index in [4.69, 9.17) is 17.0 Å². The van der Waals surface area contributed by atoms with Gasteiger partial charge in [-0.25, -0.2) is 9.78 Å². The Labute approximate surface area is 120 Å². The number of carbonyl (C=O) groups is 1. The summed E-state index contributed by atoms with van der Waals surface area (Å²) < 4.78 is 4.98. The van der Waals surface area contributed by atoms with Gasteiger partial charge in [0.2, 0.25) is 0 Å². The lowest BCUT2D eigenvalue weighted by Gasteiger charge is -2.07. The fourth-order valence-electron chi connectivity index (χ4n) is 1.86. The SMILES string of the molecule is CCc1ccsc1-c1nc(=S)c(C(=O)OC)c(C)[nH]1. The molecule has 0 radical (unpaired) electrons. The van der Waals surface area contributed by atoms with Gasteiger partial charge in [0.05, 0.1) is 12.0 Å². The predicted molar refractivity (Wildman–Crippen MR) is 78.2 cm³/mol. The first-order valence-corrected chi connectivity index (χ1v) is 7.13. The Morgan fingerprint density at radius 1 is 1.58 bits per heavy atom. The van der Waals surface area contributed by atoms with E-state index in [0.29, 0.717) is 17.1 Å². The van der Waals surface area contributed by atoms with E-state index in [9.17, 15) is 4.79 Å². The molecule has 19 heavy (non-hydrogen) atoms. The number of hydrogen-bond donors (Lipinski definition) is 1. The zero-order chi connectivity index (χ0) is 14.0. The molecule has 0 saturated heterocycles. The number of thiophene rings is 1. The lowest BCUT2D eigenvalue weighted by Crippen LogP contribution is -2.08. The third-order valence-electron chi connectivity index (χ3n) is 2.84. The molecule has 2 rings (SSSR count). The standard InChI is InChI=1S/C13H14N2O2S2/c1-4-8-5-6-19-10(8)11-14-7(2)9(12(18)15-11)13(16)17-3/h5-6H,4H2,1-3H3,(H,14,15,18). The molecule has 0 atom stereocenters.